The maximum absolute atomic E-state index is 10.3. The number of hydrogen-bond donors (Lipinski definition) is 0. The first kappa shape index (κ1) is 36.7. The van der Waals surface area contributed by atoms with E-state index >= 15 is 0 Å². The van der Waals surface area contributed by atoms with Crippen molar-refractivity contribution in [3.05, 3.63) is 227 Å². The van der Waals surface area contributed by atoms with Gasteiger partial charge < -0.3 is 10.2 Å². The van der Waals surface area contributed by atoms with Crippen LogP contribution in [0.5, 0.6) is 11.5 Å². The zero-order chi connectivity index (χ0) is 37.5. The van der Waals surface area contributed by atoms with Crippen molar-refractivity contribution in [1.82, 2.24) is 0 Å². The molecule has 11 rings (SSSR count). The second-order valence-corrected chi connectivity index (χ2v) is 26.6. The summed E-state index contributed by atoms with van der Waals surface area (Å²) < 4.78 is 4.72. The Morgan fingerprint density at radius 1 is 0.436 bits per heavy atom. The van der Waals surface area contributed by atoms with Gasteiger partial charge in [0.1, 0.15) is 0 Å². The number of hydrogen-bond acceptors (Lipinski definition) is 2. The molecule has 4 aliphatic carbocycles. The van der Waals surface area contributed by atoms with E-state index in [0.29, 0.717) is 0 Å². The van der Waals surface area contributed by atoms with Crippen LogP contribution in [0.4, 0.5) is 0 Å². The minimum atomic E-state index is -2.13. The third-order valence-electron chi connectivity index (χ3n) is 11.7. The van der Waals surface area contributed by atoms with Crippen LogP contribution in [-0.4, -0.2) is 0 Å². The summed E-state index contributed by atoms with van der Waals surface area (Å²) in [6, 6.07) is 52.4. The smallest absolute Gasteiger partial charge is 0.0623 e. The fourth-order valence-electron chi connectivity index (χ4n) is 8.75. The second-order valence-electron chi connectivity index (χ2n) is 15.0. The van der Waals surface area contributed by atoms with E-state index in [0.717, 1.165) is 32.9 Å². The van der Waals surface area contributed by atoms with Crippen LogP contribution >= 0.6 is 0 Å². The average molecular weight is 794 g/mol. The van der Waals surface area contributed by atoms with Crippen LogP contribution < -0.4 is 10.2 Å². The summed E-state index contributed by atoms with van der Waals surface area (Å²) in [5.74, 6) is 0.144. The van der Waals surface area contributed by atoms with E-state index in [4.69, 9.17) is 0 Å². The third kappa shape index (κ3) is 8.39. The summed E-state index contributed by atoms with van der Waals surface area (Å²) in [4.78, 5) is 0. The summed E-state index contributed by atoms with van der Waals surface area (Å²) in [6.07, 6.45) is 19.2. The Morgan fingerprint density at radius 2 is 0.818 bits per heavy atom. The van der Waals surface area contributed by atoms with E-state index in [2.05, 4.69) is 134 Å². The van der Waals surface area contributed by atoms with Crippen molar-refractivity contribution in [3.8, 4) is 11.5 Å². The summed E-state index contributed by atoms with van der Waals surface area (Å²) in [5.41, 5.74) is 15.2. The normalized spacial score (nSPS) is 17.5. The van der Waals surface area contributed by atoms with Gasteiger partial charge in [-0.05, 0) is 59.1 Å². The standard InChI is InChI=1S/C20H18.2C9H7.2C6H6O.C2H4.Zr/c1-3-7-19-15(5-1)9-11-17(19)13-14-18-12-10-16-6-2-4-8-20(16)18;2*1-2-5-9-7-3-6-8(9)4-1;2*7-6-4-2-1-3-5-6;1-2;/h1-8,11-12H,9-10,13-14H2;2*1-7H;2*1-5,7H;1-2H2;/q;;;;;;+2/p-2. The summed E-state index contributed by atoms with van der Waals surface area (Å²) in [5, 5.41) is 20.5. The molecule has 1 fully saturated rings. The molecule has 2 atom stereocenters. The quantitative estimate of drug-likeness (QED) is 0.174. The van der Waals surface area contributed by atoms with Gasteiger partial charge in [-0.25, -0.2) is 0 Å². The summed E-state index contributed by atoms with van der Waals surface area (Å²) >= 11 is -2.13. The molecule has 2 nitrogen and oxygen atoms in total. The molecule has 55 heavy (non-hydrogen) atoms. The molecule has 0 spiro atoms. The van der Waals surface area contributed by atoms with Crippen LogP contribution in [0.25, 0.3) is 23.3 Å². The molecule has 0 radical (unpaired) electrons. The van der Waals surface area contributed by atoms with Gasteiger partial charge in [0.15, 0.2) is 0 Å². The van der Waals surface area contributed by atoms with E-state index < -0.39 is 20.3 Å². The maximum Gasteiger partial charge on any atom is -0.0623 e. The fourth-order valence-corrected chi connectivity index (χ4v) is 24.4. The van der Waals surface area contributed by atoms with Crippen LogP contribution in [0.2, 0.25) is 8.26 Å². The van der Waals surface area contributed by atoms with E-state index in [1.807, 2.05) is 12.1 Å². The number of benzene rings is 6. The molecular weight excluding hydrogens is 748 g/mol. The van der Waals surface area contributed by atoms with Crippen molar-refractivity contribution in [2.45, 2.75) is 41.2 Å². The molecule has 0 bridgehead atoms. The monoisotopic (exact) mass is 792 g/mol. The molecule has 6 aromatic carbocycles. The van der Waals surface area contributed by atoms with E-state index in [9.17, 15) is 10.2 Å². The summed E-state index contributed by atoms with van der Waals surface area (Å²) in [6.45, 7) is 0. The zero-order valence-corrected chi connectivity index (χ0v) is 33.6. The van der Waals surface area contributed by atoms with Crippen molar-refractivity contribution in [2.24, 2.45) is 0 Å². The summed E-state index contributed by atoms with van der Waals surface area (Å²) in [7, 11) is 0. The van der Waals surface area contributed by atoms with Crippen LogP contribution in [0.3, 0.4) is 0 Å². The number of rotatable bonds is 5. The molecule has 0 aromatic heterocycles. The van der Waals surface area contributed by atoms with E-state index in [-0.39, 0.29) is 11.5 Å². The number of para-hydroxylation sites is 2. The molecule has 1 heterocycles. The molecule has 6 aromatic rings. The van der Waals surface area contributed by atoms with Gasteiger partial charge in [-0.2, -0.15) is 0 Å². The molecular formula is C52H46O2Zr. The topological polar surface area (TPSA) is 46.1 Å². The molecule has 1 aliphatic heterocycles. The van der Waals surface area contributed by atoms with Crippen molar-refractivity contribution >= 4 is 23.3 Å². The minimum absolute atomic E-state index is 0.0718. The Kier molecular flexibility index (Phi) is 11.4. The maximum atomic E-state index is 10.3. The van der Waals surface area contributed by atoms with E-state index in [1.165, 1.54) is 68.8 Å². The van der Waals surface area contributed by atoms with Gasteiger partial charge in [0, 0.05) is 0 Å². The first-order chi connectivity index (χ1) is 27.1. The average Bonchev–Trinajstić information content (AvgIpc) is 3.62. The zero-order valence-electron chi connectivity index (χ0n) is 31.2. The van der Waals surface area contributed by atoms with Gasteiger partial charge in [0.2, 0.25) is 0 Å². The van der Waals surface area contributed by atoms with Crippen LogP contribution in [0.1, 0.15) is 64.6 Å². The molecule has 0 saturated carbocycles. The first-order valence-corrected chi connectivity index (χ1v) is 25.9. The van der Waals surface area contributed by atoms with Crippen LogP contribution in [0.15, 0.2) is 182 Å². The molecule has 2 unspecified atom stereocenters. The van der Waals surface area contributed by atoms with Gasteiger partial charge in [-0.3, -0.25) is 0 Å². The molecule has 270 valence electrons. The molecule has 1 saturated heterocycles. The molecule has 3 heteroatoms. The Balaban J connectivity index is 0.000000116. The number of allylic oxidation sites excluding steroid dienone is 6. The Morgan fingerprint density at radius 3 is 1.22 bits per heavy atom. The van der Waals surface area contributed by atoms with Crippen LogP contribution in [-0.2, 0) is 33.1 Å². The van der Waals surface area contributed by atoms with Crippen molar-refractivity contribution < 1.29 is 30.5 Å². The van der Waals surface area contributed by atoms with Crippen LogP contribution in [0, 0.1) is 0 Å². The van der Waals surface area contributed by atoms with Gasteiger partial charge in [0.05, 0.1) is 0 Å². The number of fused-ring (bicyclic) bond motifs is 4. The molecule has 5 aliphatic rings. The van der Waals surface area contributed by atoms with Gasteiger partial charge in [-0.1, -0.05) is 121 Å². The third-order valence-corrected chi connectivity index (χ3v) is 24.3. The Hall–Kier alpha value is -5.24. The Bertz CT molecular complexity index is 2200. The van der Waals surface area contributed by atoms with Gasteiger partial charge in [0.25, 0.3) is 0 Å². The largest absolute Gasteiger partial charge is 0.872 e. The first-order valence-electron chi connectivity index (χ1n) is 19.6. The predicted molar refractivity (Wildman–Crippen MR) is 223 cm³/mol. The molecule has 0 N–H and O–H groups in total. The van der Waals surface area contributed by atoms with Crippen molar-refractivity contribution in [2.75, 3.05) is 0 Å². The molecule has 0 amide bonds. The predicted octanol–water partition coefficient (Wildman–Crippen LogP) is 12.1. The minimum Gasteiger partial charge on any atom is -0.872 e. The van der Waals surface area contributed by atoms with Crippen molar-refractivity contribution in [3.63, 3.8) is 0 Å². The second kappa shape index (κ2) is 17.1. The van der Waals surface area contributed by atoms with Crippen molar-refractivity contribution in [1.29, 1.82) is 0 Å². The fraction of sp³-hybridized carbons (Fsp3) is 0.154. The van der Waals surface area contributed by atoms with Gasteiger partial charge in [-0.15, -0.1) is 11.5 Å². The van der Waals surface area contributed by atoms with Gasteiger partial charge >= 0.3 is 131 Å². The Labute approximate surface area is 331 Å². The van der Waals surface area contributed by atoms with E-state index in [1.54, 1.807) is 43.6 Å². The SMILES string of the molecule is C1=C(CCC2=CCc3ccccc32)c2ccccc2C1.C1=C[CH]([Zr+2]2([CH]3C=Cc4ccccc43)[CH2][CH2]2)c2ccccc21.[O-]c1ccccc1.[O-]c1ccccc1.